The molecule has 2 heterocycles. The van der Waals surface area contributed by atoms with Gasteiger partial charge in [0.1, 0.15) is 0 Å². The maximum Gasteiger partial charge on any atom is 0.419 e. The summed E-state index contributed by atoms with van der Waals surface area (Å²) in [6.45, 7) is 6.19. The van der Waals surface area contributed by atoms with Gasteiger partial charge in [-0.05, 0) is 24.6 Å². The van der Waals surface area contributed by atoms with Crippen LogP contribution in [0.25, 0.3) is 11.1 Å². The predicted octanol–water partition coefficient (Wildman–Crippen LogP) is 2.48. The molecule has 1 amide bonds. The SMILES string of the molecule is Cc1ccc([C@H](CN2CCOCC2)NC(=O)CCn2c(=O)oc3ccccc32)cc1. The van der Waals surface area contributed by atoms with Gasteiger partial charge in [0, 0.05) is 32.6 Å². The first-order valence-electron chi connectivity index (χ1n) is 10.3. The minimum atomic E-state index is -0.438. The normalized spacial score (nSPS) is 15.9. The molecule has 1 fully saturated rings. The zero-order valence-corrected chi connectivity index (χ0v) is 17.2. The van der Waals surface area contributed by atoms with Crippen LogP contribution in [0, 0.1) is 6.92 Å². The Balaban J connectivity index is 1.44. The summed E-state index contributed by atoms with van der Waals surface area (Å²) in [6.07, 6.45) is 0.203. The standard InChI is InChI=1S/C23H27N3O4/c1-17-6-8-18(9-7-17)19(16-25-12-14-29-15-13-25)24-22(27)10-11-26-20-4-2-3-5-21(20)30-23(26)28/h2-9,19H,10-16H2,1H3,(H,24,27)/t19-/m0/s1. The Morgan fingerprint density at radius 1 is 1.10 bits per heavy atom. The molecule has 2 aromatic carbocycles. The van der Waals surface area contributed by atoms with Crippen molar-refractivity contribution in [1.82, 2.24) is 14.8 Å². The highest BCUT2D eigenvalue weighted by Gasteiger charge is 2.20. The number of morpholine rings is 1. The molecule has 0 saturated carbocycles. The summed E-state index contributed by atoms with van der Waals surface area (Å²) in [4.78, 5) is 27.2. The van der Waals surface area contributed by atoms with Crippen molar-refractivity contribution in [2.24, 2.45) is 0 Å². The first-order valence-corrected chi connectivity index (χ1v) is 10.3. The topological polar surface area (TPSA) is 76.7 Å². The first kappa shape index (κ1) is 20.4. The number of benzene rings is 2. The van der Waals surface area contributed by atoms with Gasteiger partial charge in [-0.15, -0.1) is 0 Å². The van der Waals surface area contributed by atoms with Crippen molar-refractivity contribution in [3.63, 3.8) is 0 Å². The minimum absolute atomic E-state index is 0.0917. The first-order chi connectivity index (χ1) is 14.6. The number of hydrogen-bond acceptors (Lipinski definition) is 5. The van der Waals surface area contributed by atoms with Gasteiger partial charge >= 0.3 is 5.76 Å². The van der Waals surface area contributed by atoms with Gasteiger partial charge in [0.15, 0.2) is 5.58 Å². The van der Waals surface area contributed by atoms with Gasteiger partial charge in [-0.3, -0.25) is 14.3 Å². The van der Waals surface area contributed by atoms with Crippen LogP contribution in [0.4, 0.5) is 0 Å². The molecule has 0 aliphatic carbocycles. The van der Waals surface area contributed by atoms with Gasteiger partial charge in [0.25, 0.3) is 0 Å². The number of ether oxygens (including phenoxy) is 1. The van der Waals surface area contributed by atoms with Crippen LogP contribution in [-0.4, -0.2) is 48.2 Å². The van der Waals surface area contributed by atoms with Crippen molar-refractivity contribution in [2.75, 3.05) is 32.8 Å². The lowest BCUT2D eigenvalue weighted by molar-refractivity contribution is -0.122. The second-order valence-corrected chi connectivity index (χ2v) is 7.68. The van der Waals surface area contributed by atoms with Crippen LogP contribution in [0.15, 0.2) is 57.7 Å². The average Bonchev–Trinajstić information content (AvgIpc) is 3.08. The van der Waals surface area contributed by atoms with Crippen LogP contribution in [-0.2, 0) is 16.1 Å². The van der Waals surface area contributed by atoms with Crippen LogP contribution in [0.2, 0.25) is 0 Å². The van der Waals surface area contributed by atoms with E-state index < -0.39 is 5.76 Å². The Labute approximate surface area is 175 Å². The number of oxazole rings is 1. The van der Waals surface area contributed by atoms with E-state index in [9.17, 15) is 9.59 Å². The van der Waals surface area contributed by atoms with E-state index in [1.807, 2.05) is 25.1 Å². The van der Waals surface area contributed by atoms with E-state index in [1.165, 1.54) is 10.1 Å². The monoisotopic (exact) mass is 409 g/mol. The fourth-order valence-corrected chi connectivity index (χ4v) is 3.78. The molecule has 0 radical (unpaired) electrons. The summed E-state index contributed by atoms with van der Waals surface area (Å²) >= 11 is 0. The largest absolute Gasteiger partial charge is 0.419 e. The third kappa shape index (κ3) is 4.80. The molecule has 3 aromatic rings. The second-order valence-electron chi connectivity index (χ2n) is 7.68. The Bertz CT molecular complexity index is 1050. The number of hydrogen-bond donors (Lipinski definition) is 1. The highest BCUT2D eigenvalue weighted by Crippen LogP contribution is 2.17. The minimum Gasteiger partial charge on any atom is -0.408 e. The van der Waals surface area contributed by atoms with E-state index in [1.54, 1.807) is 6.07 Å². The zero-order chi connectivity index (χ0) is 20.9. The molecule has 1 N–H and O–H groups in total. The average molecular weight is 409 g/mol. The predicted molar refractivity (Wildman–Crippen MR) is 114 cm³/mol. The molecule has 1 aromatic heterocycles. The van der Waals surface area contributed by atoms with Crippen molar-refractivity contribution in [3.8, 4) is 0 Å². The van der Waals surface area contributed by atoms with Gasteiger partial charge in [-0.2, -0.15) is 0 Å². The molecule has 7 heteroatoms. The van der Waals surface area contributed by atoms with E-state index in [0.29, 0.717) is 24.3 Å². The Kier molecular flexibility index (Phi) is 6.30. The summed E-state index contributed by atoms with van der Waals surface area (Å²) in [7, 11) is 0. The molecule has 1 aliphatic rings. The maximum atomic E-state index is 12.8. The molecular formula is C23H27N3O4. The highest BCUT2D eigenvalue weighted by molar-refractivity contribution is 5.77. The van der Waals surface area contributed by atoms with Crippen LogP contribution in [0.5, 0.6) is 0 Å². The van der Waals surface area contributed by atoms with Crippen LogP contribution < -0.4 is 11.1 Å². The number of para-hydroxylation sites is 2. The number of fused-ring (bicyclic) bond motifs is 1. The number of carbonyl (C=O) groups excluding carboxylic acids is 1. The number of aromatic nitrogens is 1. The van der Waals surface area contributed by atoms with Gasteiger partial charge in [0.2, 0.25) is 5.91 Å². The zero-order valence-electron chi connectivity index (χ0n) is 17.2. The number of amides is 1. The number of carbonyl (C=O) groups is 1. The smallest absolute Gasteiger partial charge is 0.408 e. The molecular weight excluding hydrogens is 382 g/mol. The second kappa shape index (κ2) is 9.28. The number of nitrogens with one attached hydrogen (secondary N) is 1. The van der Waals surface area contributed by atoms with Crippen LogP contribution >= 0.6 is 0 Å². The van der Waals surface area contributed by atoms with Crippen molar-refractivity contribution >= 4 is 17.0 Å². The van der Waals surface area contributed by atoms with Gasteiger partial charge in [-0.25, -0.2) is 4.79 Å². The highest BCUT2D eigenvalue weighted by atomic mass is 16.5. The van der Waals surface area contributed by atoms with Gasteiger partial charge in [-0.1, -0.05) is 42.0 Å². The third-order valence-electron chi connectivity index (χ3n) is 5.50. The number of rotatable bonds is 7. The van der Waals surface area contributed by atoms with E-state index >= 15 is 0 Å². The molecule has 0 spiro atoms. The summed E-state index contributed by atoms with van der Waals surface area (Å²) in [5.74, 6) is -0.529. The summed E-state index contributed by atoms with van der Waals surface area (Å²) in [5, 5.41) is 3.16. The van der Waals surface area contributed by atoms with Crippen LogP contribution in [0.1, 0.15) is 23.6 Å². The summed E-state index contributed by atoms with van der Waals surface area (Å²) in [6, 6.07) is 15.4. The quantitative estimate of drug-likeness (QED) is 0.649. The van der Waals surface area contributed by atoms with Crippen molar-refractivity contribution in [3.05, 3.63) is 70.2 Å². The lowest BCUT2D eigenvalue weighted by Gasteiger charge is -2.31. The Morgan fingerprint density at radius 3 is 2.60 bits per heavy atom. The van der Waals surface area contributed by atoms with E-state index in [-0.39, 0.29) is 24.9 Å². The van der Waals surface area contributed by atoms with Crippen LogP contribution in [0.3, 0.4) is 0 Å². The molecule has 30 heavy (non-hydrogen) atoms. The van der Waals surface area contributed by atoms with Gasteiger partial charge in [0.05, 0.1) is 24.8 Å². The lowest BCUT2D eigenvalue weighted by Crippen LogP contribution is -2.43. The summed E-state index contributed by atoms with van der Waals surface area (Å²) < 4.78 is 12.2. The fraction of sp³-hybridized carbons (Fsp3) is 0.391. The van der Waals surface area contributed by atoms with E-state index in [0.717, 1.165) is 25.2 Å². The fourth-order valence-electron chi connectivity index (χ4n) is 3.78. The number of aryl methyl sites for hydroxylation is 2. The van der Waals surface area contributed by atoms with Gasteiger partial charge < -0.3 is 14.5 Å². The lowest BCUT2D eigenvalue weighted by atomic mass is 10.0. The van der Waals surface area contributed by atoms with Crippen molar-refractivity contribution in [1.29, 1.82) is 0 Å². The number of nitrogens with zero attached hydrogens (tertiary/aromatic N) is 2. The maximum absolute atomic E-state index is 12.8. The summed E-state index contributed by atoms with van der Waals surface area (Å²) in [5.41, 5.74) is 3.50. The molecule has 158 valence electrons. The van der Waals surface area contributed by atoms with E-state index in [2.05, 4.69) is 34.5 Å². The molecule has 0 unspecified atom stereocenters. The molecule has 4 rings (SSSR count). The molecule has 1 aliphatic heterocycles. The van der Waals surface area contributed by atoms with Crippen molar-refractivity contribution < 1.29 is 13.9 Å². The molecule has 1 atom stereocenters. The molecule has 7 nitrogen and oxygen atoms in total. The van der Waals surface area contributed by atoms with Crippen molar-refractivity contribution in [2.45, 2.75) is 25.9 Å². The Morgan fingerprint density at radius 2 is 1.83 bits per heavy atom. The Hall–Kier alpha value is -2.90. The van der Waals surface area contributed by atoms with E-state index in [4.69, 9.17) is 9.15 Å². The third-order valence-corrected chi connectivity index (χ3v) is 5.50. The molecule has 1 saturated heterocycles. The molecule has 0 bridgehead atoms.